The van der Waals surface area contributed by atoms with Crippen LogP contribution in [0.5, 0.6) is 0 Å². The second-order valence-electron chi connectivity index (χ2n) is 7.35. The number of hydrogen-bond acceptors (Lipinski definition) is 5. The molecule has 0 aromatic carbocycles. The molecular weight excluding hydrogens is 320 g/mol. The average molecular weight is 346 g/mol. The molecule has 2 amide bonds. The van der Waals surface area contributed by atoms with E-state index < -0.39 is 5.91 Å². The molecule has 0 bridgehead atoms. The van der Waals surface area contributed by atoms with E-state index in [1.165, 1.54) is 0 Å². The van der Waals surface area contributed by atoms with Gasteiger partial charge in [-0.1, -0.05) is 0 Å². The largest absolute Gasteiger partial charge is 0.376 e. The van der Waals surface area contributed by atoms with Gasteiger partial charge in [-0.15, -0.1) is 0 Å². The molecule has 0 radical (unpaired) electrons. The Morgan fingerprint density at radius 1 is 1.28 bits per heavy atom. The Morgan fingerprint density at radius 3 is 2.64 bits per heavy atom. The molecule has 1 atom stereocenters. The average Bonchev–Trinajstić information content (AvgIpc) is 2.60. The first kappa shape index (κ1) is 17.7. The minimum atomic E-state index is -0.481. The zero-order chi connectivity index (χ0) is 18.0. The zero-order valence-corrected chi connectivity index (χ0v) is 14.9. The maximum absolute atomic E-state index is 12.8. The Kier molecular flexibility index (Phi) is 4.94. The maximum Gasteiger partial charge on any atom is 0.252 e. The van der Waals surface area contributed by atoms with Gasteiger partial charge in [0.05, 0.1) is 11.2 Å². The molecule has 2 saturated heterocycles. The molecule has 2 aliphatic heterocycles. The number of aromatic nitrogens is 1. The summed E-state index contributed by atoms with van der Waals surface area (Å²) < 4.78 is 5.71. The summed E-state index contributed by atoms with van der Waals surface area (Å²) in [5.74, 6) is 0.374. The van der Waals surface area contributed by atoms with Crippen molar-refractivity contribution in [2.45, 2.75) is 32.3 Å². The highest BCUT2D eigenvalue weighted by molar-refractivity contribution is 5.97. The summed E-state index contributed by atoms with van der Waals surface area (Å²) in [4.78, 5) is 32.7. The van der Waals surface area contributed by atoms with Gasteiger partial charge < -0.3 is 20.3 Å². The molecular formula is C18H26N4O3. The van der Waals surface area contributed by atoms with Gasteiger partial charge >= 0.3 is 0 Å². The molecule has 0 saturated carbocycles. The van der Waals surface area contributed by atoms with Gasteiger partial charge in [0.15, 0.2) is 0 Å². The van der Waals surface area contributed by atoms with E-state index in [1.807, 2.05) is 23.6 Å². The van der Waals surface area contributed by atoms with Gasteiger partial charge in [-0.3, -0.25) is 9.59 Å². The lowest BCUT2D eigenvalue weighted by atomic mass is 9.87. The van der Waals surface area contributed by atoms with Crippen molar-refractivity contribution in [3.05, 3.63) is 23.9 Å². The number of anilines is 1. The van der Waals surface area contributed by atoms with Crippen LogP contribution in [0.15, 0.2) is 18.3 Å². The van der Waals surface area contributed by atoms with Crippen LogP contribution in [0.2, 0.25) is 0 Å². The lowest BCUT2D eigenvalue weighted by Crippen LogP contribution is -2.52. The van der Waals surface area contributed by atoms with Crippen molar-refractivity contribution >= 4 is 17.6 Å². The number of rotatable bonds is 3. The van der Waals surface area contributed by atoms with Crippen LogP contribution in [0.1, 0.15) is 37.0 Å². The number of ether oxygens (including phenoxy) is 1. The summed E-state index contributed by atoms with van der Waals surface area (Å²) in [6.07, 6.45) is 3.20. The number of carbonyl (C=O) groups is 2. The highest BCUT2D eigenvalue weighted by Gasteiger charge is 2.36. The third-order valence-corrected chi connectivity index (χ3v) is 4.99. The third-order valence-electron chi connectivity index (χ3n) is 4.99. The summed E-state index contributed by atoms with van der Waals surface area (Å²) in [6, 6.07) is 3.39. The smallest absolute Gasteiger partial charge is 0.252 e. The van der Waals surface area contributed by atoms with Gasteiger partial charge in [0, 0.05) is 44.9 Å². The molecule has 136 valence electrons. The molecule has 1 unspecified atom stereocenters. The van der Waals surface area contributed by atoms with Crippen molar-refractivity contribution in [3.63, 3.8) is 0 Å². The number of primary amides is 1. The first-order chi connectivity index (χ1) is 11.9. The Labute approximate surface area is 148 Å². The summed E-state index contributed by atoms with van der Waals surface area (Å²) in [7, 11) is 0. The molecule has 3 rings (SSSR count). The van der Waals surface area contributed by atoms with Gasteiger partial charge in [0.25, 0.3) is 5.91 Å². The van der Waals surface area contributed by atoms with E-state index >= 15 is 0 Å². The number of amides is 2. The van der Waals surface area contributed by atoms with Crippen molar-refractivity contribution in [2.24, 2.45) is 11.7 Å². The van der Waals surface area contributed by atoms with Crippen LogP contribution >= 0.6 is 0 Å². The summed E-state index contributed by atoms with van der Waals surface area (Å²) in [5, 5.41) is 0. The fourth-order valence-corrected chi connectivity index (χ4v) is 3.68. The molecule has 2 N–H and O–H groups in total. The predicted octanol–water partition coefficient (Wildman–Crippen LogP) is 1.03. The highest BCUT2D eigenvalue weighted by Crippen LogP contribution is 2.30. The first-order valence-electron chi connectivity index (χ1n) is 8.80. The number of hydrogen-bond donors (Lipinski definition) is 1. The maximum atomic E-state index is 12.8. The fourth-order valence-electron chi connectivity index (χ4n) is 3.68. The number of carbonyl (C=O) groups excluding carboxylic acids is 2. The number of pyridine rings is 1. The van der Waals surface area contributed by atoms with E-state index in [9.17, 15) is 9.59 Å². The number of nitrogens with two attached hydrogens (primary N) is 1. The minimum absolute atomic E-state index is 0.0336. The second kappa shape index (κ2) is 7.00. The molecule has 1 aromatic rings. The summed E-state index contributed by atoms with van der Waals surface area (Å²) in [5.41, 5.74) is 5.63. The topological polar surface area (TPSA) is 88.8 Å². The number of nitrogens with zero attached hydrogens (tertiary/aromatic N) is 3. The van der Waals surface area contributed by atoms with Gasteiger partial charge in [-0.2, -0.15) is 0 Å². The van der Waals surface area contributed by atoms with Crippen LogP contribution in [0.25, 0.3) is 0 Å². The normalized spacial score (nSPS) is 23.4. The van der Waals surface area contributed by atoms with Gasteiger partial charge in [0.2, 0.25) is 5.91 Å². The number of piperazine rings is 1. The lowest BCUT2D eigenvalue weighted by Gasteiger charge is -2.40. The van der Waals surface area contributed by atoms with Gasteiger partial charge in [0.1, 0.15) is 5.82 Å². The van der Waals surface area contributed by atoms with Crippen LogP contribution < -0.4 is 10.6 Å². The van der Waals surface area contributed by atoms with E-state index in [4.69, 9.17) is 10.5 Å². The summed E-state index contributed by atoms with van der Waals surface area (Å²) in [6.45, 7) is 7.27. The second-order valence-corrected chi connectivity index (χ2v) is 7.35. The van der Waals surface area contributed by atoms with Gasteiger partial charge in [-0.25, -0.2) is 4.98 Å². The molecule has 0 aliphatic carbocycles. The molecule has 1 aromatic heterocycles. The Hall–Kier alpha value is -2.15. The minimum Gasteiger partial charge on any atom is -0.376 e. The lowest BCUT2D eigenvalue weighted by molar-refractivity contribution is -0.145. The van der Waals surface area contributed by atoms with Crippen LogP contribution in [0, 0.1) is 5.92 Å². The van der Waals surface area contributed by atoms with E-state index in [0.29, 0.717) is 44.2 Å². The van der Waals surface area contributed by atoms with Crippen LogP contribution in [0.4, 0.5) is 5.82 Å². The highest BCUT2D eigenvalue weighted by atomic mass is 16.5. The molecule has 2 fully saturated rings. The Bertz CT molecular complexity index is 653. The quantitative estimate of drug-likeness (QED) is 0.883. The third kappa shape index (κ3) is 3.92. The predicted molar refractivity (Wildman–Crippen MR) is 94.3 cm³/mol. The molecule has 3 heterocycles. The van der Waals surface area contributed by atoms with E-state index in [-0.39, 0.29) is 17.4 Å². The zero-order valence-electron chi connectivity index (χ0n) is 14.9. The van der Waals surface area contributed by atoms with E-state index in [0.717, 1.165) is 12.8 Å². The van der Waals surface area contributed by atoms with Crippen LogP contribution in [-0.4, -0.2) is 60.1 Å². The van der Waals surface area contributed by atoms with Gasteiger partial charge in [-0.05, 0) is 38.8 Å². The molecule has 0 spiro atoms. The fraction of sp³-hybridized carbons (Fsp3) is 0.611. The summed E-state index contributed by atoms with van der Waals surface area (Å²) >= 11 is 0. The SMILES string of the molecule is CC1(C)CC(C(=O)N2CCN(c3ncccc3C(N)=O)CC2)CCO1. The molecule has 25 heavy (non-hydrogen) atoms. The monoisotopic (exact) mass is 346 g/mol. The van der Waals surface area contributed by atoms with Crippen molar-refractivity contribution in [1.29, 1.82) is 0 Å². The van der Waals surface area contributed by atoms with Crippen LogP contribution in [-0.2, 0) is 9.53 Å². The Morgan fingerprint density at radius 2 is 2.00 bits per heavy atom. The molecule has 7 heteroatoms. The van der Waals surface area contributed by atoms with Crippen LogP contribution in [0.3, 0.4) is 0 Å². The van der Waals surface area contributed by atoms with Crippen molar-refractivity contribution in [3.8, 4) is 0 Å². The Balaban J connectivity index is 1.62. The van der Waals surface area contributed by atoms with Crippen molar-refractivity contribution in [2.75, 3.05) is 37.7 Å². The van der Waals surface area contributed by atoms with Crippen molar-refractivity contribution < 1.29 is 14.3 Å². The standard InChI is InChI=1S/C18H26N4O3/c1-18(2)12-13(5-11-25-18)17(24)22-9-7-21(8-10-22)16-14(15(19)23)4-3-6-20-16/h3-4,6,13H,5,7-12H2,1-2H3,(H2,19,23). The first-order valence-corrected chi connectivity index (χ1v) is 8.80. The van der Waals surface area contributed by atoms with Crippen molar-refractivity contribution in [1.82, 2.24) is 9.88 Å². The molecule has 2 aliphatic rings. The van der Waals surface area contributed by atoms with E-state index in [2.05, 4.69) is 4.98 Å². The van der Waals surface area contributed by atoms with E-state index in [1.54, 1.807) is 18.3 Å². The molecule has 7 nitrogen and oxygen atoms in total.